The second-order valence-electron chi connectivity index (χ2n) is 7.50. The predicted molar refractivity (Wildman–Crippen MR) is 102 cm³/mol. The van der Waals surface area contributed by atoms with Crippen LogP contribution in [0.3, 0.4) is 0 Å². The fraction of sp³-hybridized carbons (Fsp3) is 0.737. The van der Waals surface area contributed by atoms with Crippen LogP contribution in [0.4, 0.5) is 0 Å². The van der Waals surface area contributed by atoms with Crippen LogP contribution in [0.2, 0.25) is 0 Å². The Morgan fingerprint density at radius 1 is 1.38 bits per heavy atom. The van der Waals surface area contributed by atoms with Crippen molar-refractivity contribution in [2.24, 2.45) is 0 Å². The lowest BCUT2D eigenvalue weighted by Gasteiger charge is -2.31. The minimum atomic E-state index is -0.286. The summed E-state index contributed by atoms with van der Waals surface area (Å²) in [4.78, 5) is 11.8. The van der Waals surface area contributed by atoms with Crippen molar-refractivity contribution in [1.82, 2.24) is 25.6 Å². The van der Waals surface area contributed by atoms with Gasteiger partial charge in [-0.3, -0.25) is 4.79 Å². The first-order chi connectivity index (χ1) is 12.5. The Morgan fingerprint density at radius 3 is 2.77 bits per heavy atom. The standard InChI is InChI=1S/C19H33N5O2/c1-14(2)5-4-6-15(3)21-16-7-9-17(10-8-16)24-13-18(22-23-24)19(26)20-11-12-25/h5,13,15-17,21,25H,4,6-12H2,1-3H3,(H,20,26). The lowest BCUT2D eigenvalue weighted by atomic mass is 9.90. The van der Waals surface area contributed by atoms with Crippen molar-refractivity contribution in [3.05, 3.63) is 23.5 Å². The minimum Gasteiger partial charge on any atom is -0.395 e. The van der Waals surface area contributed by atoms with E-state index >= 15 is 0 Å². The zero-order chi connectivity index (χ0) is 18.9. The van der Waals surface area contributed by atoms with E-state index in [1.54, 1.807) is 6.20 Å². The fourth-order valence-electron chi connectivity index (χ4n) is 3.43. The van der Waals surface area contributed by atoms with Crippen LogP contribution in [0.15, 0.2) is 17.8 Å². The Balaban J connectivity index is 1.75. The number of aliphatic hydroxyl groups excluding tert-OH is 1. The predicted octanol–water partition coefficient (Wildman–Crippen LogP) is 2.21. The van der Waals surface area contributed by atoms with Crippen molar-refractivity contribution in [2.75, 3.05) is 13.2 Å². The number of aliphatic hydroxyl groups is 1. The highest BCUT2D eigenvalue weighted by molar-refractivity contribution is 5.91. The summed E-state index contributed by atoms with van der Waals surface area (Å²) in [5.41, 5.74) is 1.70. The van der Waals surface area contributed by atoms with Crippen molar-refractivity contribution in [3.63, 3.8) is 0 Å². The summed E-state index contributed by atoms with van der Waals surface area (Å²) in [6.07, 6.45) is 10.6. The van der Waals surface area contributed by atoms with Gasteiger partial charge in [0.15, 0.2) is 5.69 Å². The Morgan fingerprint density at radius 2 is 2.12 bits per heavy atom. The van der Waals surface area contributed by atoms with Crippen LogP contribution in [0, 0.1) is 0 Å². The molecule has 1 aliphatic rings. The topological polar surface area (TPSA) is 92.1 Å². The van der Waals surface area contributed by atoms with E-state index in [1.165, 1.54) is 12.0 Å². The highest BCUT2D eigenvalue weighted by atomic mass is 16.3. The van der Waals surface area contributed by atoms with E-state index in [1.807, 2.05) is 4.68 Å². The maximum Gasteiger partial charge on any atom is 0.273 e. The van der Waals surface area contributed by atoms with Gasteiger partial charge in [0.2, 0.25) is 0 Å². The molecule has 3 N–H and O–H groups in total. The Bertz CT molecular complexity index is 587. The van der Waals surface area contributed by atoms with Gasteiger partial charge in [-0.2, -0.15) is 0 Å². The summed E-state index contributed by atoms with van der Waals surface area (Å²) in [5.74, 6) is -0.286. The van der Waals surface area contributed by atoms with Gasteiger partial charge in [0, 0.05) is 18.6 Å². The lowest BCUT2D eigenvalue weighted by molar-refractivity contribution is 0.0939. The van der Waals surface area contributed by atoms with Gasteiger partial charge < -0.3 is 15.7 Å². The van der Waals surface area contributed by atoms with Crippen LogP contribution in [-0.4, -0.2) is 51.2 Å². The molecule has 1 fully saturated rings. The first-order valence-corrected chi connectivity index (χ1v) is 9.70. The quantitative estimate of drug-likeness (QED) is 0.585. The molecule has 26 heavy (non-hydrogen) atoms. The zero-order valence-corrected chi connectivity index (χ0v) is 16.2. The molecule has 0 radical (unpaired) electrons. The molecule has 7 heteroatoms. The molecule has 1 atom stereocenters. The number of allylic oxidation sites excluding steroid dienone is 2. The number of nitrogens with one attached hydrogen (secondary N) is 2. The summed E-state index contributed by atoms with van der Waals surface area (Å²) in [7, 11) is 0. The van der Waals surface area contributed by atoms with Crippen LogP contribution in [0.25, 0.3) is 0 Å². The number of hydrogen-bond donors (Lipinski definition) is 3. The molecule has 1 aromatic heterocycles. The van der Waals surface area contributed by atoms with Gasteiger partial charge in [-0.25, -0.2) is 4.68 Å². The SMILES string of the molecule is CC(C)=CCCC(C)NC1CCC(n2cc(C(=O)NCCO)nn2)CC1. The molecule has 1 amide bonds. The molecule has 1 unspecified atom stereocenters. The number of carbonyl (C=O) groups excluding carboxylic acids is 1. The smallest absolute Gasteiger partial charge is 0.273 e. The molecular weight excluding hydrogens is 330 g/mol. The van der Waals surface area contributed by atoms with E-state index in [9.17, 15) is 4.79 Å². The average Bonchev–Trinajstić information content (AvgIpc) is 3.10. The Kier molecular flexibility index (Phi) is 8.25. The maximum atomic E-state index is 11.8. The molecule has 1 aliphatic carbocycles. The van der Waals surface area contributed by atoms with Crippen molar-refractivity contribution < 1.29 is 9.90 Å². The van der Waals surface area contributed by atoms with E-state index in [2.05, 4.69) is 47.8 Å². The van der Waals surface area contributed by atoms with E-state index < -0.39 is 0 Å². The third-order valence-corrected chi connectivity index (χ3v) is 4.88. The molecule has 1 aromatic rings. The second kappa shape index (κ2) is 10.4. The monoisotopic (exact) mass is 363 g/mol. The number of amides is 1. The molecule has 2 rings (SSSR count). The third kappa shape index (κ3) is 6.53. The maximum absolute atomic E-state index is 11.8. The fourth-order valence-corrected chi connectivity index (χ4v) is 3.43. The minimum absolute atomic E-state index is 0.0797. The molecule has 0 aliphatic heterocycles. The van der Waals surface area contributed by atoms with Gasteiger partial charge >= 0.3 is 0 Å². The molecule has 0 spiro atoms. The number of aromatic nitrogens is 3. The van der Waals surface area contributed by atoms with E-state index in [4.69, 9.17) is 5.11 Å². The second-order valence-corrected chi connectivity index (χ2v) is 7.50. The first kappa shape index (κ1) is 20.6. The normalized spacial score (nSPS) is 21.2. The largest absolute Gasteiger partial charge is 0.395 e. The molecule has 7 nitrogen and oxygen atoms in total. The molecule has 0 bridgehead atoms. The Hall–Kier alpha value is -1.73. The van der Waals surface area contributed by atoms with Crippen LogP contribution < -0.4 is 10.6 Å². The van der Waals surface area contributed by atoms with Gasteiger partial charge in [-0.15, -0.1) is 5.10 Å². The highest BCUT2D eigenvalue weighted by Crippen LogP contribution is 2.28. The molecule has 1 saturated carbocycles. The summed E-state index contributed by atoms with van der Waals surface area (Å²) in [6, 6.07) is 1.39. The molecule has 1 heterocycles. The van der Waals surface area contributed by atoms with Gasteiger partial charge in [0.1, 0.15) is 0 Å². The van der Waals surface area contributed by atoms with Crippen LogP contribution in [-0.2, 0) is 0 Å². The van der Waals surface area contributed by atoms with Gasteiger partial charge in [-0.05, 0) is 59.3 Å². The molecular formula is C19H33N5O2. The summed E-state index contributed by atoms with van der Waals surface area (Å²) < 4.78 is 1.82. The van der Waals surface area contributed by atoms with Gasteiger partial charge in [-0.1, -0.05) is 16.9 Å². The third-order valence-electron chi connectivity index (χ3n) is 4.88. The van der Waals surface area contributed by atoms with Crippen molar-refractivity contribution in [2.45, 2.75) is 77.4 Å². The van der Waals surface area contributed by atoms with E-state index in [0.717, 1.165) is 32.1 Å². The van der Waals surface area contributed by atoms with Crippen LogP contribution >= 0.6 is 0 Å². The van der Waals surface area contributed by atoms with Crippen molar-refractivity contribution in [1.29, 1.82) is 0 Å². The molecule has 0 saturated heterocycles. The summed E-state index contributed by atoms with van der Waals surface area (Å²) in [5, 5.41) is 23.2. The van der Waals surface area contributed by atoms with Crippen LogP contribution in [0.5, 0.6) is 0 Å². The first-order valence-electron chi connectivity index (χ1n) is 9.70. The summed E-state index contributed by atoms with van der Waals surface area (Å²) >= 11 is 0. The number of rotatable bonds is 9. The zero-order valence-electron chi connectivity index (χ0n) is 16.2. The number of carbonyl (C=O) groups is 1. The van der Waals surface area contributed by atoms with Crippen molar-refractivity contribution in [3.8, 4) is 0 Å². The number of nitrogens with zero attached hydrogens (tertiary/aromatic N) is 3. The van der Waals surface area contributed by atoms with Gasteiger partial charge in [0.05, 0.1) is 18.8 Å². The van der Waals surface area contributed by atoms with Crippen LogP contribution in [0.1, 0.15) is 75.8 Å². The lowest BCUT2D eigenvalue weighted by Crippen LogP contribution is -2.39. The summed E-state index contributed by atoms with van der Waals surface area (Å²) in [6.45, 7) is 6.70. The highest BCUT2D eigenvalue weighted by Gasteiger charge is 2.24. The molecule has 0 aromatic carbocycles. The number of hydrogen-bond acceptors (Lipinski definition) is 5. The van der Waals surface area contributed by atoms with E-state index in [0.29, 0.717) is 23.8 Å². The average molecular weight is 364 g/mol. The Labute approximate surface area is 156 Å². The van der Waals surface area contributed by atoms with Crippen molar-refractivity contribution >= 4 is 5.91 Å². The van der Waals surface area contributed by atoms with Gasteiger partial charge in [0.25, 0.3) is 5.91 Å². The van der Waals surface area contributed by atoms with E-state index in [-0.39, 0.29) is 19.1 Å². The molecule has 146 valence electrons.